The third-order valence-electron chi connectivity index (χ3n) is 3.04. The fraction of sp³-hybridized carbons (Fsp3) is 0.500. The van der Waals surface area contributed by atoms with Gasteiger partial charge in [0.15, 0.2) is 6.10 Å². The van der Waals surface area contributed by atoms with E-state index < -0.39 is 18.2 Å². The van der Waals surface area contributed by atoms with E-state index in [4.69, 9.17) is 14.2 Å². The van der Waals surface area contributed by atoms with Crippen molar-refractivity contribution in [1.29, 1.82) is 0 Å². The van der Waals surface area contributed by atoms with Crippen LogP contribution in [0.1, 0.15) is 25.0 Å². The third kappa shape index (κ3) is 2.89. The third-order valence-corrected chi connectivity index (χ3v) is 3.04. The van der Waals surface area contributed by atoms with Crippen molar-refractivity contribution in [2.45, 2.75) is 31.7 Å². The maximum Gasteiger partial charge on any atom is 0.338 e. The van der Waals surface area contributed by atoms with E-state index in [1.807, 2.05) is 37.3 Å². The Hall–Kier alpha value is -1.39. The Morgan fingerprint density at radius 2 is 2.06 bits per heavy atom. The molecule has 0 amide bonds. The topological polar surface area (TPSA) is 44.8 Å². The maximum absolute atomic E-state index is 11.8. The van der Waals surface area contributed by atoms with Gasteiger partial charge in [0.25, 0.3) is 0 Å². The first-order valence-electron chi connectivity index (χ1n) is 6.12. The largest absolute Gasteiger partial charge is 0.467 e. The second-order valence-corrected chi connectivity index (χ2v) is 4.38. The number of carbonyl (C=O) groups excluding carboxylic acids is 1. The normalized spacial score (nSPS) is 28.4. The minimum atomic E-state index is -0.692. The first-order chi connectivity index (χ1) is 8.72. The van der Waals surface area contributed by atoms with Crippen LogP contribution in [-0.2, 0) is 19.0 Å². The molecule has 0 radical (unpaired) electrons. The van der Waals surface area contributed by atoms with E-state index in [1.54, 1.807) is 0 Å². The summed E-state index contributed by atoms with van der Waals surface area (Å²) in [5.74, 6) is -0.391. The SMILES string of the molecule is COC(=O)[C@H]1OCC[C@@H](C)O[C@H]1c1ccccc1. The summed E-state index contributed by atoms with van der Waals surface area (Å²) >= 11 is 0. The highest BCUT2D eigenvalue weighted by Gasteiger charge is 2.35. The van der Waals surface area contributed by atoms with Gasteiger partial charge in [0.1, 0.15) is 6.10 Å². The first-order valence-corrected chi connectivity index (χ1v) is 6.12. The molecule has 1 aromatic carbocycles. The highest BCUT2D eigenvalue weighted by Crippen LogP contribution is 2.29. The maximum atomic E-state index is 11.8. The van der Waals surface area contributed by atoms with Crippen molar-refractivity contribution in [3.8, 4) is 0 Å². The number of benzene rings is 1. The predicted octanol–water partition coefficient (Wildman–Crippen LogP) is 2.09. The zero-order chi connectivity index (χ0) is 13.0. The van der Waals surface area contributed by atoms with E-state index in [2.05, 4.69) is 0 Å². The monoisotopic (exact) mass is 250 g/mol. The Morgan fingerprint density at radius 3 is 2.72 bits per heavy atom. The molecule has 4 nitrogen and oxygen atoms in total. The summed E-state index contributed by atoms with van der Waals surface area (Å²) in [6, 6.07) is 9.63. The van der Waals surface area contributed by atoms with Crippen LogP contribution in [0.3, 0.4) is 0 Å². The van der Waals surface area contributed by atoms with Crippen LogP contribution in [0.15, 0.2) is 30.3 Å². The summed E-state index contributed by atoms with van der Waals surface area (Å²) in [5.41, 5.74) is 0.932. The van der Waals surface area contributed by atoms with Gasteiger partial charge < -0.3 is 14.2 Å². The molecule has 4 heteroatoms. The van der Waals surface area contributed by atoms with Gasteiger partial charge in [-0.15, -0.1) is 0 Å². The Morgan fingerprint density at radius 1 is 1.33 bits per heavy atom. The van der Waals surface area contributed by atoms with Crippen molar-refractivity contribution in [3.05, 3.63) is 35.9 Å². The van der Waals surface area contributed by atoms with Crippen molar-refractivity contribution in [3.63, 3.8) is 0 Å². The lowest BCUT2D eigenvalue weighted by molar-refractivity contribution is -0.163. The number of esters is 1. The molecule has 0 N–H and O–H groups in total. The van der Waals surface area contributed by atoms with E-state index in [0.29, 0.717) is 6.61 Å². The van der Waals surface area contributed by atoms with Gasteiger partial charge in [-0.05, 0) is 18.9 Å². The van der Waals surface area contributed by atoms with Crippen LogP contribution >= 0.6 is 0 Å². The Balaban J connectivity index is 2.27. The molecule has 18 heavy (non-hydrogen) atoms. The van der Waals surface area contributed by atoms with Crippen LogP contribution in [0.25, 0.3) is 0 Å². The summed E-state index contributed by atoms with van der Waals surface area (Å²) in [4.78, 5) is 11.8. The van der Waals surface area contributed by atoms with E-state index in [9.17, 15) is 4.79 Å². The molecule has 0 spiro atoms. The highest BCUT2D eigenvalue weighted by molar-refractivity contribution is 5.75. The molecule has 1 aliphatic heterocycles. The molecular weight excluding hydrogens is 232 g/mol. The fourth-order valence-corrected chi connectivity index (χ4v) is 2.04. The number of rotatable bonds is 2. The molecule has 1 fully saturated rings. The number of hydrogen-bond acceptors (Lipinski definition) is 4. The van der Waals surface area contributed by atoms with Crippen LogP contribution in [-0.4, -0.2) is 31.9 Å². The van der Waals surface area contributed by atoms with Crippen LogP contribution in [0.4, 0.5) is 0 Å². The van der Waals surface area contributed by atoms with Gasteiger partial charge in [0.05, 0.1) is 19.8 Å². The van der Waals surface area contributed by atoms with Crippen molar-refractivity contribution < 1.29 is 19.0 Å². The van der Waals surface area contributed by atoms with Crippen LogP contribution in [0, 0.1) is 0 Å². The molecule has 0 saturated carbocycles. The van der Waals surface area contributed by atoms with E-state index in [1.165, 1.54) is 7.11 Å². The van der Waals surface area contributed by atoms with Crippen LogP contribution < -0.4 is 0 Å². The zero-order valence-electron chi connectivity index (χ0n) is 10.7. The molecule has 0 bridgehead atoms. The molecule has 1 heterocycles. The molecule has 0 unspecified atom stereocenters. The average Bonchev–Trinajstić information content (AvgIpc) is 2.60. The first kappa shape index (κ1) is 13.1. The second-order valence-electron chi connectivity index (χ2n) is 4.38. The van der Waals surface area contributed by atoms with Gasteiger partial charge >= 0.3 is 5.97 Å². The fourth-order valence-electron chi connectivity index (χ4n) is 2.04. The number of ether oxygens (including phenoxy) is 3. The summed E-state index contributed by atoms with van der Waals surface area (Å²) in [7, 11) is 1.36. The molecule has 3 atom stereocenters. The quantitative estimate of drug-likeness (QED) is 0.754. The smallest absolute Gasteiger partial charge is 0.338 e. The molecule has 2 rings (SSSR count). The summed E-state index contributed by atoms with van der Waals surface area (Å²) < 4.78 is 16.3. The lowest BCUT2D eigenvalue weighted by Gasteiger charge is -2.24. The van der Waals surface area contributed by atoms with Gasteiger partial charge in [-0.25, -0.2) is 4.79 Å². The molecule has 0 aliphatic carbocycles. The van der Waals surface area contributed by atoms with E-state index >= 15 is 0 Å². The zero-order valence-corrected chi connectivity index (χ0v) is 10.7. The molecule has 1 aromatic rings. The van der Waals surface area contributed by atoms with Gasteiger partial charge in [-0.3, -0.25) is 0 Å². The predicted molar refractivity (Wildman–Crippen MR) is 66.1 cm³/mol. The minimum Gasteiger partial charge on any atom is -0.467 e. The Kier molecular flexibility index (Phi) is 4.33. The number of hydrogen-bond donors (Lipinski definition) is 0. The van der Waals surface area contributed by atoms with Gasteiger partial charge in [-0.2, -0.15) is 0 Å². The van der Waals surface area contributed by atoms with E-state index in [-0.39, 0.29) is 6.10 Å². The summed E-state index contributed by atoms with van der Waals surface area (Å²) in [5, 5.41) is 0. The van der Waals surface area contributed by atoms with Gasteiger partial charge in [0.2, 0.25) is 0 Å². The lowest BCUT2D eigenvalue weighted by atomic mass is 10.0. The standard InChI is InChI=1S/C14H18O4/c1-10-8-9-17-13(14(15)16-2)12(18-10)11-6-4-3-5-7-11/h3-7,10,12-13H,8-9H2,1-2H3/t10-,12+,13+/m1/s1. The molecule has 98 valence electrons. The Labute approximate surface area is 107 Å². The van der Waals surface area contributed by atoms with Gasteiger partial charge in [0, 0.05) is 0 Å². The van der Waals surface area contributed by atoms with Gasteiger partial charge in [-0.1, -0.05) is 30.3 Å². The van der Waals surface area contributed by atoms with Crippen LogP contribution in [0.2, 0.25) is 0 Å². The lowest BCUT2D eigenvalue weighted by Crippen LogP contribution is -2.32. The highest BCUT2D eigenvalue weighted by atomic mass is 16.6. The van der Waals surface area contributed by atoms with Crippen molar-refractivity contribution in [1.82, 2.24) is 0 Å². The Bertz CT molecular complexity index is 390. The second kappa shape index (κ2) is 5.98. The van der Waals surface area contributed by atoms with Crippen molar-refractivity contribution in [2.75, 3.05) is 13.7 Å². The minimum absolute atomic E-state index is 0.0601. The summed E-state index contributed by atoms with van der Waals surface area (Å²) in [6.45, 7) is 2.49. The molecule has 0 aromatic heterocycles. The summed E-state index contributed by atoms with van der Waals surface area (Å²) in [6.07, 6.45) is -0.264. The number of methoxy groups -OCH3 is 1. The molecule has 1 saturated heterocycles. The van der Waals surface area contributed by atoms with Crippen molar-refractivity contribution in [2.24, 2.45) is 0 Å². The van der Waals surface area contributed by atoms with Crippen molar-refractivity contribution >= 4 is 5.97 Å². The molecule has 1 aliphatic rings. The van der Waals surface area contributed by atoms with Crippen LogP contribution in [0.5, 0.6) is 0 Å². The molecular formula is C14H18O4. The average molecular weight is 250 g/mol. The van der Waals surface area contributed by atoms with E-state index in [0.717, 1.165) is 12.0 Å². The number of carbonyl (C=O) groups is 1.